The average molecular weight is 243 g/mol. The van der Waals surface area contributed by atoms with Gasteiger partial charge in [-0.15, -0.1) is 0 Å². The minimum absolute atomic E-state index is 0.365. The van der Waals surface area contributed by atoms with E-state index in [0.29, 0.717) is 25.3 Å². The fraction of sp³-hybridized carbons (Fsp3) is 0.667. The molecule has 0 aliphatic carbocycles. The van der Waals surface area contributed by atoms with E-state index in [9.17, 15) is 0 Å². The molecule has 0 bridgehead atoms. The Morgan fingerprint density at radius 2 is 1.08 bits per heavy atom. The van der Waals surface area contributed by atoms with E-state index in [4.69, 9.17) is 0 Å². The first-order chi connectivity index (χ1) is 5.71. The molecule has 1 rings (SSSR count). The third-order valence-electron chi connectivity index (χ3n) is 2.08. The Hall–Kier alpha value is -0.000519. The number of hydrogen-bond donors (Lipinski definition) is 0. The van der Waals surface area contributed by atoms with Crippen LogP contribution in [-0.4, -0.2) is 14.5 Å². The van der Waals surface area contributed by atoms with Gasteiger partial charge in [0, 0.05) is 0 Å². The summed E-state index contributed by atoms with van der Waals surface area (Å²) in [6, 6.07) is 4.67. The Kier molecular flexibility index (Phi) is 2.81. The van der Waals surface area contributed by atoms with Crippen LogP contribution in [0.1, 0.15) is 50.4 Å². The molecule has 13 heavy (non-hydrogen) atoms. The van der Waals surface area contributed by atoms with Gasteiger partial charge in [-0.05, 0) is 0 Å². The summed E-state index contributed by atoms with van der Waals surface area (Å²) in [5.74, 6) is 0. The van der Waals surface area contributed by atoms with Crippen LogP contribution in [0.25, 0.3) is 0 Å². The first kappa shape index (κ1) is 11.1. The first-order valence-corrected chi connectivity index (χ1v) is 6.53. The van der Waals surface area contributed by atoms with Gasteiger partial charge in [-0.2, -0.15) is 0 Å². The van der Waals surface area contributed by atoms with E-state index in [1.54, 1.807) is 8.87 Å². The molecule has 0 saturated heterocycles. The quantitative estimate of drug-likeness (QED) is 0.613. The van der Waals surface area contributed by atoms with Crippen molar-refractivity contribution in [3.05, 3.63) is 21.0 Å². The summed E-state index contributed by atoms with van der Waals surface area (Å²) in [4.78, 5) is 0. The van der Waals surface area contributed by atoms with Gasteiger partial charge < -0.3 is 0 Å². The molecule has 0 radical (unpaired) electrons. The van der Waals surface area contributed by atoms with Crippen molar-refractivity contribution < 1.29 is 0 Å². The van der Waals surface area contributed by atoms with Crippen LogP contribution >= 0.6 is 0 Å². The third-order valence-corrected chi connectivity index (χ3v) is 6.15. The molecule has 1 heterocycles. The molecule has 0 N–H and O–H groups in total. The molecule has 0 amide bonds. The standard InChI is InChI=1S/C12H20Se/c1-11(2,3)9-7-8-10(13-9)12(4,5)6/h7-8H,1-6H3. The van der Waals surface area contributed by atoms with Crippen molar-refractivity contribution in [1.82, 2.24) is 0 Å². The second-order valence-electron chi connectivity index (χ2n) is 5.66. The van der Waals surface area contributed by atoms with E-state index in [2.05, 4.69) is 53.7 Å². The monoisotopic (exact) mass is 244 g/mol. The summed E-state index contributed by atoms with van der Waals surface area (Å²) in [5.41, 5.74) is 0.729. The molecule has 0 unspecified atom stereocenters. The van der Waals surface area contributed by atoms with Gasteiger partial charge >= 0.3 is 87.9 Å². The zero-order valence-electron chi connectivity index (χ0n) is 9.56. The molecule has 0 atom stereocenters. The van der Waals surface area contributed by atoms with Gasteiger partial charge in [0.25, 0.3) is 0 Å². The molecule has 0 aliphatic rings. The summed E-state index contributed by atoms with van der Waals surface area (Å²) in [6.45, 7) is 13.8. The predicted molar refractivity (Wildman–Crippen MR) is 60.8 cm³/mol. The summed E-state index contributed by atoms with van der Waals surface area (Å²) in [5, 5.41) is 0. The summed E-state index contributed by atoms with van der Waals surface area (Å²) >= 11 is 0.594. The van der Waals surface area contributed by atoms with E-state index in [-0.39, 0.29) is 0 Å². The molecule has 0 saturated carbocycles. The van der Waals surface area contributed by atoms with Crippen molar-refractivity contribution in [2.45, 2.75) is 52.4 Å². The zero-order valence-corrected chi connectivity index (χ0v) is 11.3. The van der Waals surface area contributed by atoms with Gasteiger partial charge in [-0.3, -0.25) is 0 Å². The average Bonchev–Trinajstić information content (AvgIpc) is 2.28. The van der Waals surface area contributed by atoms with Crippen molar-refractivity contribution in [2.75, 3.05) is 0 Å². The maximum absolute atomic E-state index is 2.33. The fourth-order valence-corrected chi connectivity index (χ4v) is 3.50. The normalized spacial score (nSPS) is 13.4. The van der Waals surface area contributed by atoms with Crippen LogP contribution in [0, 0.1) is 0 Å². The predicted octanol–water partition coefficient (Wildman–Crippen LogP) is 3.34. The summed E-state index contributed by atoms with van der Waals surface area (Å²) in [7, 11) is 0. The van der Waals surface area contributed by atoms with Gasteiger partial charge in [0.15, 0.2) is 0 Å². The van der Waals surface area contributed by atoms with E-state index < -0.39 is 0 Å². The van der Waals surface area contributed by atoms with Crippen LogP contribution in [0.2, 0.25) is 0 Å². The Labute approximate surface area is 88.1 Å². The minimum atomic E-state index is 0.365. The molecule has 74 valence electrons. The van der Waals surface area contributed by atoms with Crippen LogP contribution in [0.4, 0.5) is 0 Å². The molecule has 0 nitrogen and oxygen atoms in total. The first-order valence-electron chi connectivity index (χ1n) is 4.82. The van der Waals surface area contributed by atoms with Crippen LogP contribution in [0.5, 0.6) is 0 Å². The van der Waals surface area contributed by atoms with Crippen LogP contribution < -0.4 is 0 Å². The van der Waals surface area contributed by atoms with Crippen molar-refractivity contribution >= 4 is 14.5 Å². The SMILES string of the molecule is CC(C)(C)c1ccc(C(C)(C)C)[se]1. The Balaban J connectivity index is 3.01. The number of rotatable bonds is 0. The Morgan fingerprint density at radius 1 is 0.769 bits per heavy atom. The second kappa shape index (κ2) is 3.29. The summed E-state index contributed by atoms with van der Waals surface area (Å²) in [6.07, 6.45) is 0. The van der Waals surface area contributed by atoms with Crippen molar-refractivity contribution in [2.24, 2.45) is 0 Å². The van der Waals surface area contributed by atoms with Crippen molar-refractivity contribution in [3.8, 4) is 0 Å². The molecule has 0 spiro atoms. The molecule has 1 aromatic heterocycles. The molecule has 1 heteroatoms. The second-order valence-corrected chi connectivity index (χ2v) is 7.94. The van der Waals surface area contributed by atoms with Crippen molar-refractivity contribution in [1.29, 1.82) is 0 Å². The third kappa shape index (κ3) is 2.72. The van der Waals surface area contributed by atoms with E-state index in [0.717, 1.165) is 0 Å². The van der Waals surface area contributed by atoms with Gasteiger partial charge in [0.05, 0.1) is 0 Å². The molecule has 0 aliphatic heterocycles. The maximum atomic E-state index is 2.33. The number of hydrogen-bond acceptors (Lipinski definition) is 0. The Bertz CT molecular complexity index is 252. The molecular formula is C12H20Se. The van der Waals surface area contributed by atoms with Gasteiger partial charge in [0.2, 0.25) is 0 Å². The van der Waals surface area contributed by atoms with E-state index in [1.165, 1.54) is 0 Å². The summed E-state index contributed by atoms with van der Waals surface area (Å²) < 4.78 is 3.26. The topological polar surface area (TPSA) is 0 Å². The molecule has 0 aromatic carbocycles. The van der Waals surface area contributed by atoms with Crippen LogP contribution in [0.15, 0.2) is 12.1 Å². The van der Waals surface area contributed by atoms with E-state index in [1.807, 2.05) is 0 Å². The van der Waals surface area contributed by atoms with Gasteiger partial charge in [-0.1, -0.05) is 0 Å². The van der Waals surface area contributed by atoms with Crippen LogP contribution in [0.3, 0.4) is 0 Å². The van der Waals surface area contributed by atoms with E-state index >= 15 is 0 Å². The molecular weight excluding hydrogens is 223 g/mol. The Morgan fingerprint density at radius 3 is 1.23 bits per heavy atom. The van der Waals surface area contributed by atoms with Gasteiger partial charge in [-0.25, -0.2) is 0 Å². The van der Waals surface area contributed by atoms with Crippen molar-refractivity contribution in [3.63, 3.8) is 0 Å². The molecule has 1 aromatic rings. The zero-order chi connectivity index (χ0) is 10.3. The fourth-order valence-electron chi connectivity index (χ4n) is 1.14. The molecule has 0 fully saturated rings. The van der Waals surface area contributed by atoms with Gasteiger partial charge in [0.1, 0.15) is 0 Å². The van der Waals surface area contributed by atoms with Crippen LogP contribution in [-0.2, 0) is 10.8 Å².